The lowest BCUT2D eigenvalue weighted by Crippen LogP contribution is -2.41. The molecule has 0 aromatic rings. The molecule has 1 unspecified atom stereocenters. The summed E-state index contributed by atoms with van der Waals surface area (Å²) in [5, 5.41) is 6.44. The zero-order chi connectivity index (χ0) is 14.4. The van der Waals surface area contributed by atoms with Gasteiger partial charge < -0.3 is 15.4 Å². The molecule has 5 nitrogen and oxygen atoms in total. The normalized spacial score (nSPS) is 29.9. The fourth-order valence-corrected chi connectivity index (χ4v) is 3.17. The van der Waals surface area contributed by atoms with Gasteiger partial charge in [-0.05, 0) is 52.0 Å². The van der Waals surface area contributed by atoms with Crippen molar-refractivity contribution in [2.75, 3.05) is 13.2 Å². The van der Waals surface area contributed by atoms with Crippen molar-refractivity contribution in [2.24, 2.45) is 5.92 Å². The van der Waals surface area contributed by atoms with Crippen molar-refractivity contribution in [2.45, 2.75) is 64.0 Å². The van der Waals surface area contributed by atoms with Gasteiger partial charge in [-0.15, -0.1) is 0 Å². The van der Waals surface area contributed by atoms with Crippen LogP contribution in [0.1, 0.15) is 51.9 Å². The molecule has 0 bridgehead atoms. The van der Waals surface area contributed by atoms with Gasteiger partial charge >= 0.3 is 5.97 Å². The number of rotatable bonds is 5. The highest BCUT2D eigenvalue weighted by Gasteiger charge is 2.28. The molecule has 1 atom stereocenters. The standard InChI is InChI=1S/C15H26N2O3/c1-2-20-15(19)11-5-7-12(8-6-11)17-14(18)10-13-4-3-9-16-13/h11-13,16H,2-10H2,1H3,(H,17,18). The maximum atomic E-state index is 11.9. The van der Waals surface area contributed by atoms with E-state index in [2.05, 4.69) is 10.6 Å². The summed E-state index contributed by atoms with van der Waals surface area (Å²) in [5.41, 5.74) is 0. The van der Waals surface area contributed by atoms with Gasteiger partial charge in [0, 0.05) is 18.5 Å². The third kappa shape index (κ3) is 4.47. The SMILES string of the molecule is CCOC(=O)C1CCC(NC(=O)CC2CCCN2)CC1. The van der Waals surface area contributed by atoms with Crippen LogP contribution in [0.5, 0.6) is 0 Å². The van der Waals surface area contributed by atoms with Gasteiger partial charge in [0.05, 0.1) is 12.5 Å². The van der Waals surface area contributed by atoms with E-state index in [-0.39, 0.29) is 23.8 Å². The van der Waals surface area contributed by atoms with Gasteiger partial charge in [0.2, 0.25) is 5.91 Å². The molecule has 0 aromatic heterocycles. The quantitative estimate of drug-likeness (QED) is 0.747. The predicted octanol–water partition coefficient (Wildman–Crippen LogP) is 1.37. The van der Waals surface area contributed by atoms with Gasteiger partial charge in [-0.25, -0.2) is 0 Å². The molecule has 1 saturated heterocycles. The second-order valence-corrected chi connectivity index (χ2v) is 5.87. The second kappa shape index (κ2) is 7.62. The number of hydrogen-bond donors (Lipinski definition) is 2. The van der Waals surface area contributed by atoms with E-state index < -0.39 is 0 Å². The summed E-state index contributed by atoms with van der Waals surface area (Å²) < 4.78 is 5.05. The molecule has 1 aliphatic carbocycles. The Labute approximate surface area is 120 Å². The van der Waals surface area contributed by atoms with E-state index in [4.69, 9.17) is 4.74 Å². The van der Waals surface area contributed by atoms with Gasteiger partial charge in [0.1, 0.15) is 0 Å². The summed E-state index contributed by atoms with van der Waals surface area (Å²) in [5.74, 6) is 0.0935. The third-order valence-electron chi connectivity index (χ3n) is 4.31. The molecule has 114 valence electrons. The Balaban J connectivity index is 1.65. The maximum absolute atomic E-state index is 11.9. The zero-order valence-corrected chi connectivity index (χ0v) is 12.3. The van der Waals surface area contributed by atoms with Crippen molar-refractivity contribution in [3.05, 3.63) is 0 Å². The topological polar surface area (TPSA) is 67.4 Å². The number of carbonyl (C=O) groups is 2. The van der Waals surface area contributed by atoms with E-state index in [0.29, 0.717) is 19.1 Å². The molecule has 2 fully saturated rings. The van der Waals surface area contributed by atoms with Crippen LogP contribution in [0.3, 0.4) is 0 Å². The minimum atomic E-state index is -0.0765. The van der Waals surface area contributed by atoms with Crippen molar-refractivity contribution in [3.8, 4) is 0 Å². The van der Waals surface area contributed by atoms with Crippen molar-refractivity contribution in [3.63, 3.8) is 0 Å². The van der Waals surface area contributed by atoms with Crippen LogP contribution in [0.25, 0.3) is 0 Å². The number of nitrogens with one attached hydrogen (secondary N) is 2. The van der Waals surface area contributed by atoms with Crippen molar-refractivity contribution < 1.29 is 14.3 Å². The number of hydrogen-bond acceptors (Lipinski definition) is 4. The first-order chi connectivity index (χ1) is 9.69. The van der Waals surface area contributed by atoms with E-state index in [1.54, 1.807) is 0 Å². The fraction of sp³-hybridized carbons (Fsp3) is 0.867. The highest BCUT2D eigenvalue weighted by atomic mass is 16.5. The molecule has 1 saturated carbocycles. The van der Waals surface area contributed by atoms with Crippen LogP contribution in [0, 0.1) is 5.92 Å². The van der Waals surface area contributed by atoms with E-state index in [0.717, 1.165) is 38.6 Å². The lowest BCUT2D eigenvalue weighted by atomic mass is 9.86. The van der Waals surface area contributed by atoms with Gasteiger partial charge in [-0.2, -0.15) is 0 Å². The second-order valence-electron chi connectivity index (χ2n) is 5.87. The Hall–Kier alpha value is -1.10. The Morgan fingerprint density at radius 1 is 1.20 bits per heavy atom. The molecule has 5 heteroatoms. The Morgan fingerprint density at radius 2 is 1.95 bits per heavy atom. The summed E-state index contributed by atoms with van der Waals surface area (Å²) in [6.45, 7) is 3.31. The fourth-order valence-electron chi connectivity index (χ4n) is 3.17. The number of carbonyl (C=O) groups excluding carboxylic acids is 2. The van der Waals surface area contributed by atoms with Gasteiger partial charge in [0.25, 0.3) is 0 Å². The average Bonchev–Trinajstić information content (AvgIpc) is 2.92. The lowest BCUT2D eigenvalue weighted by Gasteiger charge is -2.28. The molecular formula is C15H26N2O3. The van der Waals surface area contributed by atoms with Crippen molar-refractivity contribution >= 4 is 11.9 Å². The van der Waals surface area contributed by atoms with Crippen LogP contribution in [0.15, 0.2) is 0 Å². The van der Waals surface area contributed by atoms with E-state index in [1.807, 2.05) is 6.92 Å². The van der Waals surface area contributed by atoms with Crippen LogP contribution >= 0.6 is 0 Å². The number of amides is 1. The van der Waals surface area contributed by atoms with Crippen molar-refractivity contribution in [1.29, 1.82) is 0 Å². The summed E-state index contributed by atoms with van der Waals surface area (Å²) >= 11 is 0. The summed E-state index contributed by atoms with van der Waals surface area (Å²) in [4.78, 5) is 23.6. The summed E-state index contributed by atoms with van der Waals surface area (Å²) in [6, 6.07) is 0.584. The van der Waals surface area contributed by atoms with Crippen LogP contribution in [-0.2, 0) is 14.3 Å². The largest absolute Gasteiger partial charge is 0.466 e. The third-order valence-corrected chi connectivity index (χ3v) is 4.31. The van der Waals surface area contributed by atoms with Gasteiger partial charge in [-0.3, -0.25) is 9.59 Å². The van der Waals surface area contributed by atoms with E-state index >= 15 is 0 Å². The highest BCUT2D eigenvalue weighted by Crippen LogP contribution is 2.25. The van der Waals surface area contributed by atoms with Crippen LogP contribution in [-0.4, -0.2) is 37.1 Å². The Bertz CT molecular complexity index is 332. The zero-order valence-electron chi connectivity index (χ0n) is 12.3. The molecular weight excluding hydrogens is 256 g/mol. The van der Waals surface area contributed by atoms with Crippen LogP contribution < -0.4 is 10.6 Å². The lowest BCUT2D eigenvalue weighted by molar-refractivity contribution is -0.149. The molecule has 1 aliphatic heterocycles. The van der Waals surface area contributed by atoms with Crippen molar-refractivity contribution in [1.82, 2.24) is 10.6 Å². The van der Waals surface area contributed by atoms with Gasteiger partial charge in [-0.1, -0.05) is 0 Å². The summed E-state index contributed by atoms with van der Waals surface area (Å²) in [7, 11) is 0. The van der Waals surface area contributed by atoms with E-state index in [1.165, 1.54) is 6.42 Å². The average molecular weight is 282 g/mol. The molecule has 1 heterocycles. The number of ether oxygens (including phenoxy) is 1. The Kier molecular flexibility index (Phi) is 5.83. The molecule has 0 radical (unpaired) electrons. The van der Waals surface area contributed by atoms with E-state index in [9.17, 15) is 9.59 Å². The highest BCUT2D eigenvalue weighted by molar-refractivity contribution is 5.77. The summed E-state index contributed by atoms with van der Waals surface area (Å²) in [6.07, 6.45) is 6.26. The maximum Gasteiger partial charge on any atom is 0.308 e. The minimum absolute atomic E-state index is 0.0274. The molecule has 0 spiro atoms. The molecule has 2 rings (SSSR count). The first kappa shape index (κ1) is 15.3. The first-order valence-corrected chi connectivity index (χ1v) is 7.88. The monoisotopic (exact) mass is 282 g/mol. The smallest absolute Gasteiger partial charge is 0.308 e. The minimum Gasteiger partial charge on any atom is -0.466 e. The molecule has 1 amide bonds. The van der Waals surface area contributed by atoms with Gasteiger partial charge in [0.15, 0.2) is 0 Å². The molecule has 2 aliphatic rings. The molecule has 0 aromatic carbocycles. The predicted molar refractivity (Wildman–Crippen MR) is 76.2 cm³/mol. The molecule has 2 N–H and O–H groups in total. The Morgan fingerprint density at radius 3 is 2.55 bits per heavy atom. The van der Waals surface area contributed by atoms with Crippen LogP contribution in [0.2, 0.25) is 0 Å². The first-order valence-electron chi connectivity index (χ1n) is 7.88. The van der Waals surface area contributed by atoms with Crippen LogP contribution in [0.4, 0.5) is 0 Å². The number of esters is 1. The molecule has 20 heavy (non-hydrogen) atoms.